The van der Waals surface area contributed by atoms with Crippen molar-refractivity contribution in [3.63, 3.8) is 0 Å². The maximum atomic E-state index is 12.7. The number of esters is 3. The maximum absolute atomic E-state index is 12.7. The lowest BCUT2D eigenvalue weighted by molar-refractivity contribution is -0.167. The van der Waals surface area contributed by atoms with E-state index in [1.54, 1.807) is 0 Å². The maximum Gasteiger partial charge on any atom is 0.306 e. The van der Waals surface area contributed by atoms with Crippen LogP contribution in [0.15, 0.2) is 48.6 Å². The molecule has 0 aliphatic heterocycles. The van der Waals surface area contributed by atoms with Gasteiger partial charge in [-0.05, 0) is 77.0 Å². The minimum absolute atomic E-state index is 0.0732. The van der Waals surface area contributed by atoms with Crippen LogP contribution < -0.4 is 0 Å². The summed E-state index contributed by atoms with van der Waals surface area (Å²) in [6.07, 6.45) is 70.2. The first-order valence-corrected chi connectivity index (χ1v) is 29.6. The average Bonchev–Trinajstić information content (AvgIpc) is 3.34. The molecule has 0 aromatic carbocycles. The number of unbranched alkanes of at least 4 members (excludes halogenated alkanes) is 35. The second-order valence-electron chi connectivity index (χ2n) is 19.9. The third kappa shape index (κ3) is 54.3. The molecule has 0 spiro atoms. The van der Waals surface area contributed by atoms with E-state index in [1.807, 2.05) is 0 Å². The molecule has 0 bridgehead atoms. The van der Waals surface area contributed by atoms with Crippen LogP contribution >= 0.6 is 0 Å². The minimum Gasteiger partial charge on any atom is -0.462 e. The van der Waals surface area contributed by atoms with Gasteiger partial charge >= 0.3 is 17.9 Å². The Balaban J connectivity index is 3.90. The summed E-state index contributed by atoms with van der Waals surface area (Å²) < 4.78 is 16.7. The molecule has 0 heterocycles. The van der Waals surface area contributed by atoms with Gasteiger partial charge in [0.15, 0.2) is 6.10 Å². The zero-order valence-electron chi connectivity index (χ0n) is 45.4. The zero-order valence-corrected chi connectivity index (χ0v) is 45.4. The monoisotopic (exact) mass is 953 g/mol. The molecular formula is C62H112O6. The Labute approximate surface area is 422 Å². The van der Waals surface area contributed by atoms with Gasteiger partial charge in [0, 0.05) is 19.3 Å². The van der Waals surface area contributed by atoms with Crippen LogP contribution in [0.1, 0.15) is 310 Å². The fraction of sp³-hybridized carbons (Fsp3) is 0.823. The van der Waals surface area contributed by atoms with Crippen molar-refractivity contribution in [2.45, 2.75) is 316 Å². The summed E-state index contributed by atoms with van der Waals surface area (Å²) in [7, 11) is 0. The predicted octanol–water partition coefficient (Wildman–Crippen LogP) is 19.8. The SMILES string of the molecule is CCCC/C=C\CCCCCCCC(=O)OC(COC(=O)CCCCCCCC)COC(=O)CCCCCCCCCCCCCCCCCCCC/C=C\C/C=C\C/C=C\CCCCCCC. The van der Waals surface area contributed by atoms with Crippen LogP contribution in [0.2, 0.25) is 0 Å². The Kier molecular flexibility index (Phi) is 54.8. The van der Waals surface area contributed by atoms with Gasteiger partial charge in [-0.2, -0.15) is 0 Å². The van der Waals surface area contributed by atoms with Crippen molar-refractivity contribution in [1.29, 1.82) is 0 Å². The van der Waals surface area contributed by atoms with E-state index in [-0.39, 0.29) is 31.1 Å². The van der Waals surface area contributed by atoms with E-state index in [4.69, 9.17) is 14.2 Å². The van der Waals surface area contributed by atoms with Crippen molar-refractivity contribution < 1.29 is 28.6 Å². The Morgan fingerprint density at radius 2 is 0.544 bits per heavy atom. The first-order chi connectivity index (χ1) is 33.5. The van der Waals surface area contributed by atoms with Crippen molar-refractivity contribution in [3.8, 4) is 0 Å². The molecular weight excluding hydrogens is 841 g/mol. The molecule has 0 aromatic rings. The van der Waals surface area contributed by atoms with Crippen molar-refractivity contribution in [2.24, 2.45) is 0 Å². The fourth-order valence-corrected chi connectivity index (χ4v) is 8.55. The first-order valence-electron chi connectivity index (χ1n) is 29.6. The van der Waals surface area contributed by atoms with E-state index in [1.165, 1.54) is 186 Å². The lowest BCUT2D eigenvalue weighted by Crippen LogP contribution is -2.30. The van der Waals surface area contributed by atoms with E-state index >= 15 is 0 Å². The molecule has 0 rings (SSSR count). The standard InChI is InChI=1S/C62H112O6/c1-4-7-10-13-16-18-20-21-22-23-24-25-26-27-28-29-30-31-32-33-34-35-36-37-38-39-40-41-43-44-46-49-52-55-61(64)67-58-59(57-66-60(63)54-51-48-15-12-9-6-3)68-62(65)56-53-50-47-45-42-19-17-14-11-8-5-2/h14,17,20-21,23-24,26-27,59H,4-13,15-16,18-19,22,25,28-58H2,1-3H3/b17-14-,21-20-,24-23-,27-26-. The molecule has 1 atom stereocenters. The van der Waals surface area contributed by atoms with Crippen LogP contribution in [-0.4, -0.2) is 37.2 Å². The topological polar surface area (TPSA) is 78.9 Å². The normalized spacial score (nSPS) is 12.3. The van der Waals surface area contributed by atoms with Gasteiger partial charge in [-0.3, -0.25) is 14.4 Å². The summed E-state index contributed by atoms with van der Waals surface area (Å²) in [6, 6.07) is 0. The molecule has 0 radical (unpaired) electrons. The van der Waals surface area contributed by atoms with E-state index < -0.39 is 6.10 Å². The van der Waals surface area contributed by atoms with Crippen LogP contribution in [0.5, 0.6) is 0 Å². The van der Waals surface area contributed by atoms with Gasteiger partial charge in [-0.25, -0.2) is 0 Å². The second-order valence-corrected chi connectivity index (χ2v) is 19.9. The summed E-state index contributed by atoms with van der Waals surface area (Å²) in [4.78, 5) is 37.7. The highest BCUT2D eigenvalue weighted by Crippen LogP contribution is 2.16. The molecule has 68 heavy (non-hydrogen) atoms. The molecule has 0 aromatic heterocycles. The molecule has 0 aliphatic carbocycles. The summed E-state index contributed by atoms with van der Waals surface area (Å²) in [5.41, 5.74) is 0. The summed E-state index contributed by atoms with van der Waals surface area (Å²) >= 11 is 0. The van der Waals surface area contributed by atoms with Crippen LogP contribution in [0.25, 0.3) is 0 Å². The lowest BCUT2D eigenvalue weighted by Gasteiger charge is -2.18. The number of carbonyl (C=O) groups excluding carboxylic acids is 3. The van der Waals surface area contributed by atoms with E-state index in [2.05, 4.69) is 69.4 Å². The second kappa shape index (κ2) is 57.0. The van der Waals surface area contributed by atoms with Gasteiger partial charge in [0.2, 0.25) is 0 Å². The molecule has 396 valence electrons. The highest BCUT2D eigenvalue weighted by Gasteiger charge is 2.19. The fourth-order valence-electron chi connectivity index (χ4n) is 8.55. The van der Waals surface area contributed by atoms with Gasteiger partial charge in [0.1, 0.15) is 13.2 Å². The molecule has 6 nitrogen and oxygen atoms in total. The Bertz CT molecular complexity index is 1190. The largest absolute Gasteiger partial charge is 0.462 e. The number of hydrogen-bond acceptors (Lipinski definition) is 6. The van der Waals surface area contributed by atoms with Gasteiger partial charge in [0.25, 0.3) is 0 Å². The molecule has 0 amide bonds. The van der Waals surface area contributed by atoms with Crippen molar-refractivity contribution in [2.75, 3.05) is 13.2 Å². The Hall–Kier alpha value is -2.63. The number of ether oxygens (including phenoxy) is 3. The number of allylic oxidation sites excluding steroid dienone is 8. The zero-order chi connectivity index (χ0) is 49.3. The molecule has 0 N–H and O–H groups in total. The minimum atomic E-state index is -0.770. The highest BCUT2D eigenvalue weighted by molar-refractivity contribution is 5.71. The van der Waals surface area contributed by atoms with E-state index in [0.29, 0.717) is 19.3 Å². The number of carbonyl (C=O) groups is 3. The van der Waals surface area contributed by atoms with Crippen LogP contribution in [0.3, 0.4) is 0 Å². The quantitative estimate of drug-likeness (QED) is 0.0262. The van der Waals surface area contributed by atoms with E-state index in [0.717, 1.165) is 83.5 Å². The number of hydrogen-bond donors (Lipinski definition) is 0. The smallest absolute Gasteiger partial charge is 0.306 e. The summed E-state index contributed by atoms with van der Waals surface area (Å²) in [5.74, 6) is -0.883. The molecule has 0 saturated heterocycles. The molecule has 0 fully saturated rings. The van der Waals surface area contributed by atoms with Crippen molar-refractivity contribution in [1.82, 2.24) is 0 Å². The predicted molar refractivity (Wildman–Crippen MR) is 293 cm³/mol. The van der Waals surface area contributed by atoms with Crippen molar-refractivity contribution in [3.05, 3.63) is 48.6 Å². The Morgan fingerprint density at radius 3 is 0.882 bits per heavy atom. The molecule has 6 heteroatoms. The average molecular weight is 954 g/mol. The lowest BCUT2D eigenvalue weighted by atomic mass is 10.0. The summed E-state index contributed by atoms with van der Waals surface area (Å²) in [5, 5.41) is 0. The van der Waals surface area contributed by atoms with Crippen LogP contribution in [0.4, 0.5) is 0 Å². The van der Waals surface area contributed by atoms with Crippen molar-refractivity contribution >= 4 is 17.9 Å². The molecule has 0 saturated carbocycles. The van der Waals surface area contributed by atoms with Gasteiger partial charge in [-0.15, -0.1) is 0 Å². The van der Waals surface area contributed by atoms with Gasteiger partial charge < -0.3 is 14.2 Å². The Morgan fingerprint density at radius 1 is 0.294 bits per heavy atom. The molecule has 0 aliphatic rings. The van der Waals surface area contributed by atoms with E-state index in [9.17, 15) is 14.4 Å². The van der Waals surface area contributed by atoms with Crippen LogP contribution in [0, 0.1) is 0 Å². The molecule has 1 unspecified atom stereocenters. The third-order valence-corrected chi connectivity index (χ3v) is 13.1. The highest BCUT2D eigenvalue weighted by atomic mass is 16.6. The third-order valence-electron chi connectivity index (χ3n) is 13.1. The van der Waals surface area contributed by atoms with Gasteiger partial charge in [0.05, 0.1) is 0 Å². The number of rotatable bonds is 54. The van der Waals surface area contributed by atoms with Gasteiger partial charge in [-0.1, -0.05) is 262 Å². The summed E-state index contributed by atoms with van der Waals surface area (Å²) in [6.45, 7) is 6.54. The first kappa shape index (κ1) is 65.4. The van der Waals surface area contributed by atoms with Crippen LogP contribution in [-0.2, 0) is 28.6 Å².